The number of carbonyl (C=O) groups is 3. The molecule has 2 unspecified atom stereocenters. The van der Waals surface area contributed by atoms with Crippen molar-refractivity contribution in [2.75, 3.05) is 31.5 Å². The maximum absolute atomic E-state index is 13.2. The molecule has 1 aliphatic carbocycles. The van der Waals surface area contributed by atoms with Gasteiger partial charge < -0.3 is 0 Å². The zero-order valence-corrected chi connectivity index (χ0v) is 34.9. The molecule has 2 aromatic carbocycles. The SMILES string of the molecule is O=C(CC1NCCCC1O[I-]NCC1CCN(C(=O)Nc2nccnc2C(=O)NC2Cc3ccccc3C2)CC1)Cn1cnc2cc(Br)c(Cl)cc2c1=O.[Li+]. The van der Waals surface area contributed by atoms with E-state index in [1.54, 1.807) is 17.0 Å². The van der Waals surface area contributed by atoms with Gasteiger partial charge in [-0.2, -0.15) is 0 Å². The van der Waals surface area contributed by atoms with Crippen LogP contribution in [-0.2, 0) is 27.2 Å². The Labute approximate surface area is 355 Å². The van der Waals surface area contributed by atoms with Gasteiger partial charge in [0.15, 0.2) is 0 Å². The minimum Gasteiger partial charge on any atom is 1.00 e. The van der Waals surface area contributed by atoms with E-state index in [-0.39, 0.29) is 84.8 Å². The molecule has 2 atom stereocenters. The number of urea groups is 1. The Morgan fingerprint density at radius 1 is 1.04 bits per heavy atom. The van der Waals surface area contributed by atoms with Crippen molar-refractivity contribution >= 4 is 62.0 Å². The van der Waals surface area contributed by atoms with Crippen LogP contribution in [0.25, 0.3) is 10.9 Å². The van der Waals surface area contributed by atoms with Gasteiger partial charge in [-0.25, -0.2) is 0 Å². The fraction of sp³-hybridized carbons (Fsp3) is 0.432. The number of hydrogen-bond donors (Lipinski definition) is 4. The van der Waals surface area contributed by atoms with Crippen molar-refractivity contribution in [1.82, 2.24) is 38.6 Å². The van der Waals surface area contributed by atoms with Gasteiger partial charge in [-0.15, -0.1) is 0 Å². The minimum atomic E-state index is -0.778. The number of anilines is 1. The monoisotopic (exact) mass is 939 g/mol. The molecule has 14 nitrogen and oxygen atoms in total. The number of fused-ring (bicyclic) bond motifs is 2. The molecule has 4 aromatic rings. The van der Waals surface area contributed by atoms with Crippen LogP contribution in [0.5, 0.6) is 0 Å². The van der Waals surface area contributed by atoms with Gasteiger partial charge in [0.25, 0.3) is 0 Å². The second-order valence-corrected chi connectivity index (χ2v) is 16.9. The molecule has 0 radical (unpaired) electrons. The van der Waals surface area contributed by atoms with Crippen LogP contribution in [0.1, 0.15) is 53.7 Å². The fourth-order valence-electron chi connectivity index (χ4n) is 7.26. The van der Waals surface area contributed by atoms with E-state index >= 15 is 0 Å². The molecule has 3 amide bonds. The number of likely N-dealkylation sites (tertiary alicyclic amines) is 1. The Morgan fingerprint density at radius 3 is 2.55 bits per heavy atom. The maximum Gasteiger partial charge on any atom is 1.00 e. The summed E-state index contributed by atoms with van der Waals surface area (Å²) in [7, 11) is 0. The predicted molar refractivity (Wildman–Crippen MR) is 203 cm³/mol. The third kappa shape index (κ3) is 10.5. The summed E-state index contributed by atoms with van der Waals surface area (Å²) in [6.07, 6.45) is 9.46. The molecule has 4 heterocycles. The van der Waals surface area contributed by atoms with E-state index in [2.05, 4.69) is 62.5 Å². The number of amides is 3. The van der Waals surface area contributed by atoms with E-state index in [1.807, 2.05) is 12.1 Å². The third-order valence-electron chi connectivity index (χ3n) is 10.2. The molecular weight excluding hydrogens is 900 g/mol. The molecule has 4 N–H and O–H groups in total. The van der Waals surface area contributed by atoms with E-state index in [9.17, 15) is 19.2 Å². The van der Waals surface area contributed by atoms with Crippen molar-refractivity contribution in [2.45, 2.75) is 69.7 Å². The smallest absolute Gasteiger partial charge is 1.00 e. The molecular formula is C37H41BrClILiN9O5. The van der Waals surface area contributed by atoms with Crippen LogP contribution in [0.3, 0.4) is 0 Å². The molecule has 0 saturated carbocycles. The summed E-state index contributed by atoms with van der Waals surface area (Å²) in [6.45, 7) is 2.68. The van der Waals surface area contributed by atoms with Crippen LogP contribution in [0, 0.1) is 5.92 Å². The van der Waals surface area contributed by atoms with Crippen molar-refractivity contribution < 1.29 is 58.2 Å². The summed E-state index contributed by atoms with van der Waals surface area (Å²) < 4.78 is 11.8. The summed E-state index contributed by atoms with van der Waals surface area (Å²) in [5.41, 5.74) is 2.77. The van der Waals surface area contributed by atoms with E-state index < -0.39 is 21.9 Å². The zero-order valence-electron chi connectivity index (χ0n) is 30.4. The van der Waals surface area contributed by atoms with Gasteiger partial charge in [-0.3, -0.25) is 0 Å². The van der Waals surface area contributed by atoms with Crippen LogP contribution in [0.2, 0.25) is 5.02 Å². The first-order valence-electron chi connectivity index (χ1n) is 18.1. The van der Waals surface area contributed by atoms with Gasteiger partial charge >= 0.3 is 287 Å². The first-order chi connectivity index (χ1) is 26.2. The second kappa shape index (κ2) is 19.5. The summed E-state index contributed by atoms with van der Waals surface area (Å²) in [4.78, 5) is 67.1. The summed E-state index contributed by atoms with van der Waals surface area (Å²) in [6, 6.07) is 11.0. The third-order valence-corrected chi connectivity index (χ3v) is 13.0. The average molecular weight is 941 g/mol. The van der Waals surface area contributed by atoms with E-state index in [0.29, 0.717) is 39.4 Å². The number of nitrogens with zero attached hydrogens (tertiary/aromatic N) is 5. The largest absolute Gasteiger partial charge is 1.00 e. The van der Waals surface area contributed by atoms with Crippen molar-refractivity contribution in [3.63, 3.8) is 0 Å². The first kappa shape index (κ1) is 41.7. The second-order valence-electron chi connectivity index (χ2n) is 13.9. The number of benzene rings is 2. The molecule has 0 bridgehead atoms. The normalized spacial score (nSPS) is 18.8. The number of hydrogen-bond acceptors (Lipinski definition) is 10. The molecule has 0 spiro atoms. The van der Waals surface area contributed by atoms with E-state index in [1.165, 1.54) is 34.4 Å². The van der Waals surface area contributed by atoms with Gasteiger partial charge in [0.1, 0.15) is 0 Å². The Balaban J connectivity index is 0.00000514. The maximum atomic E-state index is 13.2. The van der Waals surface area contributed by atoms with Gasteiger partial charge in [-0.1, -0.05) is 24.3 Å². The van der Waals surface area contributed by atoms with E-state index in [4.69, 9.17) is 14.7 Å². The van der Waals surface area contributed by atoms with Gasteiger partial charge in [0.2, 0.25) is 0 Å². The van der Waals surface area contributed by atoms with Crippen LogP contribution in [-0.4, -0.2) is 86.5 Å². The molecule has 2 fully saturated rings. The van der Waals surface area contributed by atoms with Crippen molar-refractivity contribution in [3.8, 4) is 0 Å². The topological polar surface area (TPSA) is 172 Å². The Bertz CT molecular complexity index is 2060. The van der Waals surface area contributed by atoms with Gasteiger partial charge in [0.05, 0.1) is 0 Å². The van der Waals surface area contributed by atoms with E-state index in [0.717, 1.165) is 51.6 Å². The van der Waals surface area contributed by atoms with Gasteiger partial charge in [0, 0.05) is 6.04 Å². The quantitative estimate of drug-likeness (QED) is 0.0543. The van der Waals surface area contributed by atoms with Gasteiger partial charge in [-0.05, 0) is 39.9 Å². The molecule has 7 rings (SSSR count). The Hall–Kier alpha value is -2.95. The molecule has 2 aromatic heterocycles. The van der Waals surface area contributed by atoms with Crippen molar-refractivity contribution in [1.29, 1.82) is 0 Å². The average Bonchev–Trinajstić information content (AvgIpc) is 3.59. The molecule has 3 aliphatic rings. The zero-order chi connectivity index (χ0) is 37.6. The summed E-state index contributed by atoms with van der Waals surface area (Å²) >= 11 is 8.77. The number of piperidine rings is 2. The number of halogens is 3. The molecule has 286 valence electrons. The van der Waals surface area contributed by atoms with Crippen LogP contribution < -0.4 is 65.8 Å². The predicted octanol–water partition coefficient (Wildman–Crippen LogP) is -1.95. The number of nitrogens with one attached hydrogen (secondary N) is 4. The summed E-state index contributed by atoms with van der Waals surface area (Å²) in [5, 5.41) is 10.1. The van der Waals surface area contributed by atoms with Crippen LogP contribution in [0.15, 0.2) is 64.4 Å². The molecule has 2 aliphatic heterocycles. The van der Waals surface area contributed by atoms with Crippen molar-refractivity contribution in [2.24, 2.45) is 5.92 Å². The van der Waals surface area contributed by atoms with Crippen LogP contribution >= 0.6 is 27.5 Å². The fourth-order valence-corrected chi connectivity index (χ4v) is 9.67. The summed E-state index contributed by atoms with van der Waals surface area (Å²) in [5.74, 6) is 0.101. The Morgan fingerprint density at radius 2 is 1.78 bits per heavy atom. The Kier molecular flexibility index (Phi) is 14.7. The standard InChI is InChI=1S/C37H41BrClIN9O5.Li/c38-28-18-30-27(17-29(28)39)36(52)49(21-44-30)20-26(50)16-31-32(6-3-9-41-31)54-40-45-19-22-7-12-48(13-8-22)37(53)47-34-33(42-10-11-43-34)35(51)46-25-14-23-4-1-2-5-24(23)15-25;/h1-2,4-5,10-11,17-18,21-22,25,31-32,41,45H,3,6-9,12-16,19-20H2,(H,46,51)(H,43,47,53);/q-1;+1. The van der Waals surface area contributed by atoms with Crippen LogP contribution in [0.4, 0.5) is 10.6 Å². The number of carbonyl (C=O) groups excluding carboxylic acids is 3. The van der Waals surface area contributed by atoms with Crippen molar-refractivity contribution in [3.05, 3.63) is 91.8 Å². The number of rotatable bonds is 12. The number of Topliss-reactive ketones (excluding diaryl/α,β-unsaturated/α-hetero) is 1. The molecule has 2 saturated heterocycles. The molecule has 55 heavy (non-hydrogen) atoms. The first-order valence-corrected chi connectivity index (χ1v) is 21.2. The number of ketones is 1. The number of aromatic nitrogens is 4. The minimum absolute atomic E-state index is 0. The molecule has 18 heteroatoms.